The molecule has 3 heterocycles. The molecule has 1 fully saturated rings. The quantitative estimate of drug-likeness (QED) is 0.476. The van der Waals surface area contributed by atoms with Gasteiger partial charge < -0.3 is 25.1 Å². The van der Waals surface area contributed by atoms with Crippen molar-refractivity contribution in [3.63, 3.8) is 0 Å². The number of amides is 1. The second-order valence-corrected chi connectivity index (χ2v) is 14.9. The van der Waals surface area contributed by atoms with E-state index >= 15 is 0 Å². The van der Waals surface area contributed by atoms with Gasteiger partial charge in [-0.05, 0) is 28.4 Å². The molecule has 3 rings (SSSR count). The molecule has 0 spiro atoms. The molecule has 0 aliphatic carbocycles. The van der Waals surface area contributed by atoms with Crippen LogP contribution in [0.25, 0.3) is 11.2 Å². The van der Waals surface area contributed by atoms with Gasteiger partial charge in [0.15, 0.2) is 5.65 Å². The van der Waals surface area contributed by atoms with E-state index in [2.05, 4.69) is 50.9 Å². The zero-order chi connectivity index (χ0) is 20.3. The summed E-state index contributed by atoms with van der Waals surface area (Å²) in [5, 5.41) is 3.00. The molecule has 10 heteroatoms. The van der Waals surface area contributed by atoms with Crippen molar-refractivity contribution in [3.05, 3.63) is 22.6 Å². The van der Waals surface area contributed by atoms with Crippen molar-refractivity contribution in [2.24, 2.45) is 5.73 Å². The third-order valence-electron chi connectivity index (χ3n) is 4.58. The third-order valence-corrected chi connectivity index (χ3v) is 6.67. The molecule has 1 saturated heterocycles. The van der Waals surface area contributed by atoms with Gasteiger partial charge in [-0.25, -0.2) is 9.97 Å². The zero-order valence-corrected chi connectivity index (χ0v) is 19.2. The molecule has 0 saturated carbocycles. The first-order valence-electron chi connectivity index (χ1n) is 9.46. The fourth-order valence-corrected chi connectivity index (χ4v) is 4.10. The number of ether oxygens (including phenoxy) is 2. The summed E-state index contributed by atoms with van der Waals surface area (Å²) in [6, 6.07) is 0.912. The molecule has 0 bridgehead atoms. The van der Waals surface area contributed by atoms with E-state index in [1.807, 2.05) is 4.57 Å². The molecule has 2 aromatic heterocycles. The Bertz CT molecular complexity index is 838. The van der Waals surface area contributed by atoms with Gasteiger partial charge in [-0.2, -0.15) is 0 Å². The molecular weight excluding hydrogens is 442 g/mol. The molecule has 2 aromatic rings. The van der Waals surface area contributed by atoms with Crippen molar-refractivity contribution in [2.75, 3.05) is 19.8 Å². The average Bonchev–Trinajstić information content (AvgIpc) is 2.96. The van der Waals surface area contributed by atoms with E-state index in [0.717, 1.165) is 6.04 Å². The van der Waals surface area contributed by atoms with E-state index in [1.165, 1.54) is 0 Å². The minimum Gasteiger partial charge on any atom is -0.378 e. The standard InChI is InChI=1S/C18H28BrN5O3Si/c1-28(2,3)5-4-26-11-24-8-14(16-17(24)21-7-15(19)23-16)18(25)22-13-6-12(20)9-27-10-13/h7-8,12-13H,4-6,9-11,20H2,1-3H3,(H,22,25)/t12-,13-/m1/s1. The predicted octanol–water partition coefficient (Wildman–Crippen LogP) is 2.35. The lowest BCUT2D eigenvalue weighted by molar-refractivity contribution is 0.0522. The van der Waals surface area contributed by atoms with E-state index in [1.54, 1.807) is 12.4 Å². The van der Waals surface area contributed by atoms with Gasteiger partial charge >= 0.3 is 0 Å². The van der Waals surface area contributed by atoms with Crippen molar-refractivity contribution in [1.29, 1.82) is 0 Å². The van der Waals surface area contributed by atoms with Crippen LogP contribution in [0.4, 0.5) is 0 Å². The van der Waals surface area contributed by atoms with Crippen LogP contribution in [0.5, 0.6) is 0 Å². The van der Waals surface area contributed by atoms with Crippen LogP contribution in [-0.4, -0.2) is 60.4 Å². The van der Waals surface area contributed by atoms with Gasteiger partial charge in [0.1, 0.15) is 16.9 Å². The summed E-state index contributed by atoms with van der Waals surface area (Å²) in [5.74, 6) is -0.207. The number of carbonyl (C=O) groups excluding carboxylic acids is 1. The van der Waals surface area contributed by atoms with Gasteiger partial charge in [0, 0.05) is 26.9 Å². The summed E-state index contributed by atoms with van der Waals surface area (Å²) in [6.45, 7) is 8.96. The average molecular weight is 470 g/mol. The molecule has 1 aliphatic rings. The van der Waals surface area contributed by atoms with E-state index in [4.69, 9.17) is 15.2 Å². The highest BCUT2D eigenvalue weighted by Gasteiger charge is 2.24. The molecule has 28 heavy (non-hydrogen) atoms. The first-order chi connectivity index (χ1) is 13.2. The molecule has 1 aliphatic heterocycles. The number of nitrogens with one attached hydrogen (secondary N) is 1. The molecular formula is C18H28BrN5O3Si. The monoisotopic (exact) mass is 469 g/mol. The highest BCUT2D eigenvalue weighted by atomic mass is 79.9. The predicted molar refractivity (Wildman–Crippen MR) is 114 cm³/mol. The van der Waals surface area contributed by atoms with Crippen LogP contribution >= 0.6 is 15.9 Å². The van der Waals surface area contributed by atoms with Crippen LogP contribution in [0.2, 0.25) is 25.7 Å². The smallest absolute Gasteiger partial charge is 0.255 e. The summed E-state index contributed by atoms with van der Waals surface area (Å²) in [5.41, 5.74) is 7.57. The summed E-state index contributed by atoms with van der Waals surface area (Å²) in [6.07, 6.45) is 4.07. The third kappa shape index (κ3) is 5.60. The van der Waals surface area contributed by atoms with Crippen molar-refractivity contribution in [3.8, 4) is 0 Å². The highest BCUT2D eigenvalue weighted by molar-refractivity contribution is 9.10. The Labute approximate surface area is 174 Å². The first kappa shape index (κ1) is 21.4. The molecule has 154 valence electrons. The lowest BCUT2D eigenvalue weighted by Gasteiger charge is -2.27. The number of halogens is 1. The lowest BCUT2D eigenvalue weighted by Crippen LogP contribution is -2.47. The maximum absolute atomic E-state index is 12.9. The SMILES string of the molecule is C[Si](C)(C)CCOCn1cc(C(=O)N[C@H]2COC[C@H](N)C2)c2nc(Br)cnc21. The lowest BCUT2D eigenvalue weighted by atomic mass is 10.1. The van der Waals surface area contributed by atoms with Gasteiger partial charge in [-0.15, -0.1) is 0 Å². The Kier molecular flexibility index (Phi) is 6.87. The van der Waals surface area contributed by atoms with Gasteiger partial charge in [0.05, 0.1) is 31.0 Å². The number of nitrogens with two attached hydrogens (primary N) is 1. The first-order valence-corrected chi connectivity index (χ1v) is 14.0. The van der Waals surface area contributed by atoms with Crippen LogP contribution in [0.1, 0.15) is 16.8 Å². The van der Waals surface area contributed by atoms with Crippen LogP contribution in [0.15, 0.2) is 17.0 Å². The second kappa shape index (κ2) is 9.00. The second-order valence-electron chi connectivity index (χ2n) is 8.43. The Morgan fingerprint density at radius 1 is 1.46 bits per heavy atom. The summed E-state index contributed by atoms with van der Waals surface area (Å²) >= 11 is 3.34. The van der Waals surface area contributed by atoms with Crippen LogP contribution in [0, 0.1) is 0 Å². The number of aromatic nitrogens is 3. The van der Waals surface area contributed by atoms with E-state index in [-0.39, 0.29) is 18.0 Å². The molecule has 3 N–H and O–H groups in total. The minimum absolute atomic E-state index is 0.0610. The topological polar surface area (TPSA) is 104 Å². The summed E-state index contributed by atoms with van der Waals surface area (Å²) in [4.78, 5) is 21.8. The molecule has 8 nitrogen and oxygen atoms in total. The number of carbonyl (C=O) groups is 1. The molecule has 2 atom stereocenters. The molecule has 0 radical (unpaired) electrons. The van der Waals surface area contributed by atoms with Gasteiger partial charge in [-0.3, -0.25) is 4.79 Å². The summed E-state index contributed by atoms with van der Waals surface area (Å²) in [7, 11) is -1.15. The minimum atomic E-state index is -1.15. The van der Waals surface area contributed by atoms with E-state index in [0.29, 0.717) is 54.3 Å². The number of nitrogens with zero attached hydrogens (tertiary/aromatic N) is 3. The fraction of sp³-hybridized carbons (Fsp3) is 0.611. The van der Waals surface area contributed by atoms with Crippen molar-refractivity contribution in [1.82, 2.24) is 19.9 Å². The van der Waals surface area contributed by atoms with Crippen LogP contribution in [-0.2, 0) is 16.2 Å². The molecule has 0 aromatic carbocycles. The van der Waals surface area contributed by atoms with Gasteiger partial charge in [-0.1, -0.05) is 19.6 Å². The Hall–Kier alpha value is -1.33. The van der Waals surface area contributed by atoms with E-state index < -0.39 is 8.07 Å². The number of fused-ring (bicyclic) bond motifs is 1. The van der Waals surface area contributed by atoms with Crippen LogP contribution < -0.4 is 11.1 Å². The Balaban J connectivity index is 1.75. The molecule has 1 amide bonds. The number of rotatable bonds is 7. The highest BCUT2D eigenvalue weighted by Crippen LogP contribution is 2.21. The van der Waals surface area contributed by atoms with Gasteiger partial charge in [0.2, 0.25) is 0 Å². The van der Waals surface area contributed by atoms with Crippen molar-refractivity contribution >= 4 is 41.1 Å². The maximum atomic E-state index is 12.9. The summed E-state index contributed by atoms with van der Waals surface area (Å²) < 4.78 is 13.7. The number of hydrogen-bond donors (Lipinski definition) is 2. The van der Waals surface area contributed by atoms with Gasteiger partial charge in [0.25, 0.3) is 5.91 Å². The van der Waals surface area contributed by atoms with Crippen molar-refractivity contribution in [2.45, 2.75) is 50.9 Å². The zero-order valence-electron chi connectivity index (χ0n) is 16.6. The largest absolute Gasteiger partial charge is 0.378 e. The van der Waals surface area contributed by atoms with Crippen molar-refractivity contribution < 1.29 is 14.3 Å². The van der Waals surface area contributed by atoms with Crippen LogP contribution in [0.3, 0.4) is 0 Å². The normalized spacial score (nSPS) is 20.5. The van der Waals surface area contributed by atoms with E-state index in [9.17, 15) is 4.79 Å². The number of hydrogen-bond acceptors (Lipinski definition) is 6. The fourth-order valence-electron chi connectivity index (χ4n) is 3.06. The Morgan fingerprint density at radius 2 is 2.25 bits per heavy atom. The Morgan fingerprint density at radius 3 is 2.96 bits per heavy atom. The molecule has 0 unspecified atom stereocenters. The maximum Gasteiger partial charge on any atom is 0.255 e.